The third kappa shape index (κ3) is 4.89. The van der Waals surface area contributed by atoms with Crippen LogP contribution in [0.2, 0.25) is 0 Å². The summed E-state index contributed by atoms with van der Waals surface area (Å²) in [6, 6.07) is 13.6. The van der Waals surface area contributed by atoms with Crippen molar-refractivity contribution < 1.29 is 14.3 Å². The number of aryl methyl sites for hydroxylation is 1. The van der Waals surface area contributed by atoms with Gasteiger partial charge < -0.3 is 9.47 Å². The average Bonchev–Trinajstić information content (AvgIpc) is 3.14. The van der Waals surface area contributed by atoms with E-state index in [0.29, 0.717) is 16.8 Å². The zero-order chi connectivity index (χ0) is 20.1. The Kier molecular flexibility index (Phi) is 6.31. The summed E-state index contributed by atoms with van der Waals surface area (Å²) in [7, 11) is 1.63. The first kappa shape index (κ1) is 19.9. The summed E-state index contributed by atoms with van der Waals surface area (Å²) < 4.78 is 10.8. The number of benzene rings is 2. The molecule has 146 valence electrons. The SMILES string of the molecule is COc1ccc(-c2csc(NC(=O)COc3ccc(C(C)C)c(C)c3)n2)cc1. The van der Waals surface area contributed by atoms with E-state index in [2.05, 4.69) is 37.1 Å². The first-order valence-electron chi connectivity index (χ1n) is 9.09. The van der Waals surface area contributed by atoms with Crippen LogP contribution in [-0.2, 0) is 4.79 Å². The second-order valence-corrected chi connectivity index (χ2v) is 7.63. The number of nitrogens with one attached hydrogen (secondary N) is 1. The van der Waals surface area contributed by atoms with E-state index in [1.54, 1.807) is 7.11 Å². The monoisotopic (exact) mass is 396 g/mol. The van der Waals surface area contributed by atoms with Crippen molar-refractivity contribution in [3.8, 4) is 22.8 Å². The van der Waals surface area contributed by atoms with Crippen molar-refractivity contribution in [3.63, 3.8) is 0 Å². The van der Waals surface area contributed by atoms with Crippen LogP contribution in [0.3, 0.4) is 0 Å². The number of aromatic nitrogens is 1. The van der Waals surface area contributed by atoms with Crippen LogP contribution in [0, 0.1) is 6.92 Å². The maximum absolute atomic E-state index is 12.2. The lowest BCUT2D eigenvalue weighted by Crippen LogP contribution is -2.20. The lowest BCUT2D eigenvalue weighted by atomic mass is 9.98. The number of carbonyl (C=O) groups excluding carboxylic acids is 1. The lowest BCUT2D eigenvalue weighted by Gasteiger charge is -2.12. The Labute approximate surface area is 169 Å². The van der Waals surface area contributed by atoms with Gasteiger partial charge in [0.15, 0.2) is 11.7 Å². The van der Waals surface area contributed by atoms with E-state index in [-0.39, 0.29) is 12.5 Å². The third-order valence-corrected chi connectivity index (χ3v) is 5.13. The van der Waals surface area contributed by atoms with Crippen LogP contribution in [0.5, 0.6) is 11.5 Å². The van der Waals surface area contributed by atoms with Gasteiger partial charge in [0.1, 0.15) is 11.5 Å². The molecule has 1 heterocycles. The van der Waals surface area contributed by atoms with Crippen molar-refractivity contribution in [2.24, 2.45) is 0 Å². The molecule has 0 aliphatic carbocycles. The van der Waals surface area contributed by atoms with Crippen LogP contribution in [-0.4, -0.2) is 24.6 Å². The fourth-order valence-corrected chi connectivity index (χ4v) is 3.65. The average molecular weight is 397 g/mol. The molecule has 0 saturated heterocycles. The number of carbonyl (C=O) groups is 1. The van der Waals surface area contributed by atoms with Crippen LogP contribution in [0.25, 0.3) is 11.3 Å². The molecule has 0 radical (unpaired) electrons. The fraction of sp³-hybridized carbons (Fsp3) is 0.273. The second kappa shape index (κ2) is 8.89. The maximum Gasteiger partial charge on any atom is 0.264 e. The van der Waals surface area contributed by atoms with Crippen molar-refractivity contribution in [3.05, 3.63) is 59.0 Å². The van der Waals surface area contributed by atoms with Crippen molar-refractivity contribution in [2.45, 2.75) is 26.7 Å². The Morgan fingerprint density at radius 3 is 2.50 bits per heavy atom. The quantitative estimate of drug-likeness (QED) is 0.591. The van der Waals surface area contributed by atoms with E-state index >= 15 is 0 Å². The highest BCUT2D eigenvalue weighted by atomic mass is 32.1. The molecule has 3 aromatic rings. The highest BCUT2D eigenvalue weighted by Gasteiger charge is 2.10. The topological polar surface area (TPSA) is 60.5 Å². The smallest absolute Gasteiger partial charge is 0.264 e. The number of hydrogen-bond acceptors (Lipinski definition) is 5. The van der Waals surface area contributed by atoms with E-state index in [4.69, 9.17) is 9.47 Å². The molecule has 0 unspecified atom stereocenters. The maximum atomic E-state index is 12.2. The van der Waals surface area contributed by atoms with E-state index in [9.17, 15) is 4.79 Å². The Balaban J connectivity index is 1.56. The molecule has 0 aliphatic heterocycles. The van der Waals surface area contributed by atoms with Crippen molar-refractivity contribution in [1.82, 2.24) is 4.98 Å². The number of nitrogens with zero attached hydrogens (tertiary/aromatic N) is 1. The van der Waals surface area contributed by atoms with E-state index in [1.807, 2.05) is 41.8 Å². The van der Waals surface area contributed by atoms with Gasteiger partial charge in [0.05, 0.1) is 12.8 Å². The van der Waals surface area contributed by atoms with Gasteiger partial charge in [0.2, 0.25) is 0 Å². The molecule has 2 aromatic carbocycles. The van der Waals surface area contributed by atoms with E-state index in [1.165, 1.54) is 16.9 Å². The molecule has 6 heteroatoms. The molecule has 3 rings (SSSR count). The molecule has 5 nitrogen and oxygen atoms in total. The molecule has 1 N–H and O–H groups in total. The van der Waals surface area contributed by atoms with Gasteiger partial charge in [0, 0.05) is 10.9 Å². The summed E-state index contributed by atoms with van der Waals surface area (Å²) in [4.78, 5) is 16.7. The molecular formula is C22H24N2O3S. The largest absolute Gasteiger partial charge is 0.497 e. The van der Waals surface area contributed by atoms with Gasteiger partial charge in [-0.15, -0.1) is 11.3 Å². The van der Waals surface area contributed by atoms with Gasteiger partial charge in [-0.1, -0.05) is 19.9 Å². The molecule has 0 fully saturated rings. The number of methoxy groups -OCH3 is 1. The van der Waals surface area contributed by atoms with Crippen LogP contribution >= 0.6 is 11.3 Å². The third-order valence-electron chi connectivity index (χ3n) is 4.37. The Hall–Kier alpha value is -2.86. The molecule has 1 aromatic heterocycles. The fourth-order valence-electron chi connectivity index (χ4n) is 2.92. The minimum absolute atomic E-state index is 0.0576. The van der Waals surface area contributed by atoms with Crippen molar-refractivity contribution in [2.75, 3.05) is 19.0 Å². The molecule has 0 spiro atoms. The predicted octanol–water partition coefficient (Wildman–Crippen LogP) is 5.27. The van der Waals surface area contributed by atoms with Crippen molar-refractivity contribution >= 4 is 22.4 Å². The Morgan fingerprint density at radius 2 is 1.86 bits per heavy atom. The number of amides is 1. The minimum Gasteiger partial charge on any atom is -0.497 e. The van der Waals surface area contributed by atoms with Crippen LogP contribution < -0.4 is 14.8 Å². The van der Waals surface area contributed by atoms with Gasteiger partial charge in [-0.2, -0.15) is 0 Å². The number of rotatable bonds is 7. The van der Waals surface area contributed by atoms with Gasteiger partial charge >= 0.3 is 0 Å². The molecule has 0 aliphatic rings. The molecule has 0 bridgehead atoms. The molecule has 0 saturated carbocycles. The highest BCUT2D eigenvalue weighted by Crippen LogP contribution is 2.27. The Bertz CT molecular complexity index is 949. The summed E-state index contributed by atoms with van der Waals surface area (Å²) >= 11 is 1.38. The first-order valence-corrected chi connectivity index (χ1v) is 9.97. The molecule has 0 atom stereocenters. The van der Waals surface area contributed by atoms with Crippen molar-refractivity contribution in [1.29, 1.82) is 0 Å². The predicted molar refractivity (Wildman–Crippen MR) is 113 cm³/mol. The lowest BCUT2D eigenvalue weighted by molar-refractivity contribution is -0.118. The van der Waals surface area contributed by atoms with E-state index < -0.39 is 0 Å². The zero-order valence-electron chi connectivity index (χ0n) is 16.5. The summed E-state index contributed by atoms with van der Waals surface area (Å²) in [6.07, 6.45) is 0. The summed E-state index contributed by atoms with van der Waals surface area (Å²) in [5.41, 5.74) is 4.22. The second-order valence-electron chi connectivity index (χ2n) is 6.78. The Morgan fingerprint density at radius 1 is 1.14 bits per heavy atom. The highest BCUT2D eigenvalue weighted by molar-refractivity contribution is 7.14. The standard InChI is InChI=1S/C22H24N2O3S/c1-14(2)19-10-9-18(11-15(19)3)27-12-21(25)24-22-23-20(13-28-22)16-5-7-17(26-4)8-6-16/h5-11,13-14H,12H2,1-4H3,(H,23,24,25). The van der Waals surface area contributed by atoms with Gasteiger partial charge in [0.25, 0.3) is 5.91 Å². The minimum atomic E-state index is -0.235. The van der Waals surface area contributed by atoms with Gasteiger partial charge in [-0.3, -0.25) is 10.1 Å². The molecule has 1 amide bonds. The summed E-state index contributed by atoms with van der Waals surface area (Å²) in [5, 5.41) is 5.24. The van der Waals surface area contributed by atoms with Crippen LogP contribution in [0.15, 0.2) is 47.8 Å². The summed E-state index contributed by atoms with van der Waals surface area (Å²) in [5.74, 6) is 1.71. The number of hydrogen-bond donors (Lipinski definition) is 1. The van der Waals surface area contributed by atoms with Gasteiger partial charge in [-0.25, -0.2) is 4.98 Å². The van der Waals surface area contributed by atoms with Crippen LogP contribution in [0.4, 0.5) is 5.13 Å². The van der Waals surface area contributed by atoms with E-state index in [0.717, 1.165) is 22.6 Å². The number of ether oxygens (including phenoxy) is 2. The van der Waals surface area contributed by atoms with Crippen LogP contribution in [0.1, 0.15) is 30.9 Å². The summed E-state index contributed by atoms with van der Waals surface area (Å²) in [6.45, 7) is 6.31. The normalized spacial score (nSPS) is 10.8. The number of anilines is 1. The number of thiazole rings is 1. The molecular weight excluding hydrogens is 372 g/mol. The zero-order valence-corrected chi connectivity index (χ0v) is 17.3. The molecule has 28 heavy (non-hydrogen) atoms. The van der Waals surface area contributed by atoms with Gasteiger partial charge in [-0.05, 0) is 60.4 Å². The first-order chi connectivity index (χ1) is 13.5.